The topological polar surface area (TPSA) is 84.6 Å². The van der Waals surface area contributed by atoms with Crippen LogP contribution >= 0.6 is 34.5 Å². The second kappa shape index (κ2) is 5.10. The molecule has 0 saturated heterocycles. The van der Waals surface area contributed by atoms with Crippen molar-refractivity contribution < 1.29 is 9.59 Å². The molecular weight excluding hydrogens is 375 g/mol. The molecule has 7 nitrogen and oxygen atoms in total. The van der Waals surface area contributed by atoms with E-state index in [2.05, 4.69) is 10.1 Å². The van der Waals surface area contributed by atoms with E-state index in [4.69, 9.17) is 23.2 Å². The Balaban J connectivity index is 1.95. The summed E-state index contributed by atoms with van der Waals surface area (Å²) in [6.07, 6.45) is 0. The summed E-state index contributed by atoms with van der Waals surface area (Å²) in [7, 11) is 0. The van der Waals surface area contributed by atoms with Crippen LogP contribution in [0, 0.1) is 6.92 Å². The van der Waals surface area contributed by atoms with Gasteiger partial charge in [0.05, 0.1) is 15.7 Å². The van der Waals surface area contributed by atoms with Crippen LogP contribution in [-0.2, 0) is 0 Å². The summed E-state index contributed by atoms with van der Waals surface area (Å²) < 4.78 is 1.22. The van der Waals surface area contributed by atoms with Crippen molar-refractivity contribution in [2.24, 2.45) is 0 Å². The number of amides is 2. The number of halogens is 2. The van der Waals surface area contributed by atoms with Gasteiger partial charge in [0.25, 0.3) is 17.4 Å². The number of hydrogen-bond donors (Lipinski definition) is 0. The molecule has 0 unspecified atom stereocenters. The Bertz CT molecular complexity index is 1120. The first-order chi connectivity index (χ1) is 11.4. The van der Waals surface area contributed by atoms with Crippen LogP contribution in [0.25, 0.3) is 4.96 Å². The maximum Gasteiger partial charge on any atom is 0.295 e. The zero-order valence-electron chi connectivity index (χ0n) is 11.9. The summed E-state index contributed by atoms with van der Waals surface area (Å²) in [5, 5.41) is 4.39. The third-order valence-corrected chi connectivity index (χ3v) is 5.36. The number of rotatable bonds is 1. The van der Waals surface area contributed by atoms with Gasteiger partial charge in [-0.05, 0) is 19.1 Å². The van der Waals surface area contributed by atoms with Crippen LogP contribution in [0.4, 0.5) is 5.69 Å². The predicted molar refractivity (Wildman–Crippen MR) is 89.5 cm³/mol. The molecule has 10 heteroatoms. The largest absolute Gasteiger partial charge is 0.295 e. The van der Waals surface area contributed by atoms with Crippen LogP contribution in [0.2, 0.25) is 10.0 Å². The minimum Gasteiger partial charge on any atom is -0.267 e. The molecule has 0 atom stereocenters. The van der Waals surface area contributed by atoms with Gasteiger partial charge in [-0.3, -0.25) is 14.4 Å². The van der Waals surface area contributed by atoms with Crippen LogP contribution in [0.1, 0.15) is 25.9 Å². The number of fused-ring (bicyclic) bond motifs is 3. The van der Waals surface area contributed by atoms with E-state index in [-0.39, 0.29) is 37.0 Å². The molecule has 0 spiro atoms. The van der Waals surface area contributed by atoms with Gasteiger partial charge in [-0.2, -0.15) is 14.6 Å². The summed E-state index contributed by atoms with van der Waals surface area (Å²) in [4.78, 5) is 42.2. The molecule has 0 saturated carbocycles. The minimum atomic E-state index is -0.595. The molecule has 0 fully saturated rings. The van der Waals surface area contributed by atoms with Crippen LogP contribution in [0.5, 0.6) is 0 Å². The number of aromatic nitrogens is 3. The van der Waals surface area contributed by atoms with Crippen LogP contribution in [0.3, 0.4) is 0 Å². The van der Waals surface area contributed by atoms with Crippen molar-refractivity contribution >= 4 is 57.0 Å². The zero-order chi connectivity index (χ0) is 17.2. The van der Waals surface area contributed by atoms with Crippen LogP contribution < -0.4 is 10.5 Å². The van der Waals surface area contributed by atoms with Crippen molar-refractivity contribution in [3.63, 3.8) is 0 Å². The van der Waals surface area contributed by atoms with Gasteiger partial charge in [0.1, 0.15) is 10.6 Å². The van der Waals surface area contributed by atoms with E-state index in [9.17, 15) is 14.4 Å². The fraction of sp³-hybridized carbons (Fsp3) is 0.0714. The number of anilines is 1. The fourth-order valence-electron chi connectivity index (χ4n) is 2.41. The SMILES string of the molecule is Cc1nn2c3c(sc2nc1=O)C(=O)N(c1cccc(Cl)c1Cl)C3=O. The van der Waals surface area contributed by atoms with Gasteiger partial charge in [-0.15, -0.1) is 0 Å². The van der Waals surface area contributed by atoms with Gasteiger partial charge >= 0.3 is 0 Å². The van der Waals surface area contributed by atoms with Gasteiger partial charge in [-0.25, -0.2) is 4.90 Å². The maximum atomic E-state index is 12.8. The Kier molecular flexibility index (Phi) is 3.24. The number of carbonyl (C=O) groups is 2. The highest BCUT2D eigenvalue weighted by atomic mass is 35.5. The number of imide groups is 1. The molecule has 3 heterocycles. The third kappa shape index (κ3) is 1.94. The van der Waals surface area contributed by atoms with Crippen molar-refractivity contribution in [3.8, 4) is 0 Å². The predicted octanol–water partition coefficient (Wildman–Crippen LogP) is 2.57. The first-order valence-corrected chi connectivity index (χ1v) is 8.20. The Morgan fingerprint density at radius 2 is 1.88 bits per heavy atom. The lowest BCUT2D eigenvalue weighted by Gasteiger charge is -2.16. The highest BCUT2D eigenvalue weighted by molar-refractivity contribution is 7.19. The van der Waals surface area contributed by atoms with Crippen molar-refractivity contribution in [2.75, 3.05) is 4.90 Å². The monoisotopic (exact) mass is 380 g/mol. The Labute approximate surface area is 148 Å². The number of benzene rings is 1. The van der Waals surface area contributed by atoms with Crippen molar-refractivity contribution in [1.29, 1.82) is 0 Å². The second-order valence-corrected chi connectivity index (χ2v) is 6.76. The van der Waals surface area contributed by atoms with E-state index in [1.165, 1.54) is 17.5 Å². The number of aryl methyl sites for hydroxylation is 1. The highest BCUT2D eigenvalue weighted by Crippen LogP contribution is 2.38. The van der Waals surface area contributed by atoms with Crippen LogP contribution in [-0.4, -0.2) is 26.4 Å². The van der Waals surface area contributed by atoms with Crippen molar-refractivity contribution in [3.05, 3.63) is 54.9 Å². The van der Waals surface area contributed by atoms with E-state index in [0.717, 1.165) is 16.2 Å². The molecule has 0 aliphatic carbocycles. The van der Waals surface area contributed by atoms with Gasteiger partial charge in [0.15, 0.2) is 5.69 Å². The Hall–Kier alpha value is -2.29. The van der Waals surface area contributed by atoms with E-state index in [1.54, 1.807) is 12.1 Å². The molecule has 2 aromatic heterocycles. The molecule has 120 valence electrons. The minimum absolute atomic E-state index is 0.0617. The first kappa shape index (κ1) is 15.3. The second-order valence-electron chi connectivity index (χ2n) is 5.00. The van der Waals surface area contributed by atoms with Gasteiger partial charge in [0, 0.05) is 0 Å². The van der Waals surface area contributed by atoms with E-state index in [0.29, 0.717) is 0 Å². The highest BCUT2D eigenvalue weighted by Gasteiger charge is 2.42. The molecule has 1 aromatic carbocycles. The van der Waals surface area contributed by atoms with Gasteiger partial charge in [0.2, 0.25) is 4.96 Å². The third-order valence-electron chi connectivity index (χ3n) is 3.53. The fourth-order valence-corrected chi connectivity index (χ4v) is 3.77. The van der Waals surface area contributed by atoms with Crippen molar-refractivity contribution in [2.45, 2.75) is 6.92 Å². The number of nitrogens with zero attached hydrogens (tertiary/aromatic N) is 4. The standard InChI is InChI=1S/C14H6Cl2N4O3S/c1-5-11(21)17-14-20(18-5)9-10(24-14)13(23)19(12(9)22)7-4-2-3-6(15)8(7)16/h2-4H,1H3. The average molecular weight is 381 g/mol. The number of carbonyl (C=O) groups excluding carboxylic acids is 2. The molecule has 0 bridgehead atoms. The van der Waals surface area contributed by atoms with E-state index in [1.807, 2.05) is 0 Å². The molecule has 3 aromatic rings. The smallest absolute Gasteiger partial charge is 0.267 e. The molecule has 1 aliphatic rings. The summed E-state index contributed by atoms with van der Waals surface area (Å²) in [6.45, 7) is 1.48. The van der Waals surface area contributed by atoms with E-state index >= 15 is 0 Å². The molecular formula is C14H6Cl2N4O3S. The molecule has 1 aliphatic heterocycles. The molecule has 2 amide bonds. The normalized spacial score (nSPS) is 13.9. The summed E-state index contributed by atoms with van der Waals surface area (Å²) in [5.74, 6) is -1.15. The average Bonchev–Trinajstić information content (AvgIpc) is 3.00. The zero-order valence-corrected chi connectivity index (χ0v) is 14.2. The summed E-state index contributed by atoms with van der Waals surface area (Å²) in [6, 6.07) is 4.68. The lowest BCUT2D eigenvalue weighted by Crippen LogP contribution is -2.30. The molecule has 0 N–H and O–H groups in total. The number of thiazole rings is 1. The van der Waals surface area contributed by atoms with Gasteiger partial charge in [-0.1, -0.05) is 40.6 Å². The Morgan fingerprint density at radius 3 is 2.62 bits per heavy atom. The lowest BCUT2D eigenvalue weighted by molar-refractivity contribution is 0.0924. The maximum absolute atomic E-state index is 12.8. The lowest BCUT2D eigenvalue weighted by atomic mass is 10.3. The summed E-state index contributed by atoms with van der Waals surface area (Å²) >= 11 is 13.0. The molecule has 0 radical (unpaired) electrons. The first-order valence-electron chi connectivity index (χ1n) is 6.63. The van der Waals surface area contributed by atoms with Crippen molar-refractivity contribution in [1.82, 2.24) is 14.6 Å². The quantitative estimate of drug-likeness (QED) is 0.605. The van der Waals surface area contributed by atoms with Crippen LogP contribution in [0.15, 0.2) is 23.0 Å². The molecule has 4 rings (SSSR count). The number of hydrogen-bond acceptors (Lipinski definition) is 6. The summed E-state index contributed by atoms with van der Waals surface area (Å²) in [5.41, 5.74) is -0.106. The van der Waals surface area contributed by atoms with Gasteiger partial charge < -0.3 is 0 Å². The Morgan fingerprint density at radius 1 is 1.12 bits per heavy atom. The molecule has 24 heavy (non-hydrogen) atoms. The van der Waals surface area contributed by atoms with E-state index < -0.39 is 17.4 Å².